The highest BCUT2D eigenvalue weighted by molar-refractivity contribution is 5.94. The van der Waals surface area contributed by atoms with Gasteiger partial charge in [0, 0.05) is 55.6 Å². The summed E-state index contributed by atoms with van der Waals surface area (Å²) in [6, 6.07) is 11.2. The monoisotopic (exact) mass is 464 g/mol. The van der Waals surface area contributed by atoms with Gasteiger partial charge in [-0.15, -0.1) is 6.58 Å². The van der Waals surface area contributed by atoms with E-state index in [1.165, 1.54) is 11.3 Å². The number of amides is 1. The van der Waals surface area contributed by atoms with E-state index in [-0.39, 0.29) is 11.3 Å². The van der Waals surface area contributed by atoms with Gasteiger partial charge in [0.25, 0.3) is 5.91 Å². The quantitative estimate of drug-likeness (QED) is 0.639. The summed E-state index contributed by atoms with van der Waals surface area (Å²) in [6.45, 7) is 9.50. The molecule has 1 aromatic carbocycles. The molecule has 5 rings (SSSR count). The fourth-order valence-electron chi connectivity index (χ4n) is 5.68. The predicted octanol–water partition coefficient (Wildman–Crippen LogP) is 2.74. The highest BCUT2D eigenvalue weighted by Crippen LogP contribution is 2.35. The zero-order chi connectivity index (χ0) is 23.4. The minimum atomic E-state index is 0.0354. The molecule has 0 unspecified atom stereocenters. The van der Waals surface area contributed by atoms with Gasteiger partial charge in [-0.25, -0.2) is 0 Å². The standard InChI is InChI=1S/C27H36N4O3/c1-2-12-31-24-9-8-22(19-23(24)25(29-31)26(32)30-13-17-34-18-14-30)28-20-27(10-15-33-16-11-27)21-6-4-3-5-7-21/h2-7,22,28H,1,8-20H2/t22-/m0/s1. The Labute approximate surface area is 202 Å². The largest absolute Gasteiger partial charge is 0.381 e. The highest BCUT2D eigenvalue weighted by atomic mass is 16.5. The number of rotatable bonds is 7. The number of nitrogens with one attached hydrogen (secondary N) is 1. The number of ether oxygens (including phenoxy) is 2. The molecule has 2 aliphatic heterocycles. The van der Waals surface area contributed by atoms with Gasteiger partial charge in [0.05, 0.1) is 19.8 Å². The topological polar surface area (TPSA) is 68.6 Å². The van der Waals surface area contributed by atoms with Crippen molar-refractivity contribution in [2.45, 2.75) is 50.1 Å². The second kappa shape index (κ2) is 10.4. The van der Waals surface area contributed by atoms with Gasteiger partial charge in [-0.05, 0) is 37.7 Å². The summed E-state index contributed by atoms with van der Waals surface area (Å²) in [7, 11) is 0. The van der Waals surface area contributed by atoms with E-state index in [4.69, 9.17) is 14.6 Å². The van der Waals surface area contributed by atoms with Crippen LogP contribution in [0.5, 0.6) is 0 Å². The maximum absolute atomic E-state index is 13.4. The molecule has 182 valence electrons. The smallest absolute Gasteiger partial charge is 0.274 e. The highest BCUT2D eigenvalue weighted by Gasteiger charge is 2.36. The van der Waals surface area contributed by atoms with Crippen molar-refractivity contribution in [3.8, 4) is 0 Å². The van der Waals surface area contributed by atoms with Gasteiger partial charge in [-0.1, -0.05) is 36.4 Å². The Balaban J connectivity index is 1.34. The molecular weight excluding hydrogens is 428 g/mol. The van der Waals surface area contributed by atoms with Crippen molar-refractivity contribution in [1.82, 2.24) is 20.0 Å². The second-order valence-corrected chi connectivity index (χ2v) is 9.73. The van der Waals surface area contributed by atoms with Gasteiger partial charge in [0.1, 0.15) is 0 Å². The molecule has 1 aliphatic carbocycles. The molecule has 2 aromatic rings. The molecular formula is C27H36N4O3. The van der Waals surface area contributed by atoms with Crippen molar-refractivity contribution in [3.63, 3.8) is 0 Å². The van der Waals surface area contributed by atoms with Gasteiger partial charge < -0.3 is 19.7 Å². The fraction of sp³-hybridized carbons (Fsp3) is 0.556. The van der Waals surface area contributed by atoms with Crippen molar-refractivity contribution < 1.29 is 14.3 Å². The fourth-order valence-corrected chi connectivity index (χ4v) is 5.68. The first-order chi connectivity index (χ1) is 16.7. The van der Waals surface area contributed by atoms with Crippen molar-refractivity contribution in [1.29, 1.82) is 0 Å². The van der Waals surface area contributed by atoms with E-state index < -0.39 is 0 Å². The summed E-state index contributed by atoms with van der Waals surface area (Å²) in [5.74, 6) is 0.0354. The van der Waals surface area contributed by atoms with E-state index in [0.29, 0.717) is 44.6 Å². The first-order valence-corrected chi connectivity index (χ1v) is 12.6. The molecule has 0 radical (unpaired) electrons. The van der Waals surface area contributed by atoms with Crippen LogP contribution >= 0.6 is 0 Å². The summed E-state index contributed by atoms with van der Waals surface area (Å²) in [6.07, 6.45) is 6.71. The summed E-state index contributed by atoms with van der Waals surface area (Å²) in [5, 5.41) is 8.67. The van der Waals surface area contributed by atoms with Crippen LogP contribution in [0.25, 0.3) is 0 Å². The van der Waals surface area contributed by atoms with Crippen molar-refractivity contribution >= 4 is 5.91 Å². The lowest BCUT2D eigenvalue weighted by Gasteiger charge is -2.39. The number of nitrogens with zero attached hydrogens (tertiary/aromatic N) is 3. The molecule has 1 amide bonds. The van der Waals surface area contributed by atoms with Crippen LogP contribution in [-0.4, -0.2) is 72.7 Å². The average Bonchev–Trinajstić information content (AvgIpc) is 3.26. The van der Waals surface area contributed by atoms with E-state index in [2.05, 4.69) is 42.2 Å². The van der Waals surface area contributed by atoms with E-state index >= 15 is 0 Å². The Morgan fingerprint density at radius 1 is 1.15 bits per heavy atom. The third-order valence-electron chi connectivity index (χ3n) is 7.71. The van der Waals surface area contributed by atoms with Crippen LogP contribution < -0.4 is 5.32 Å². The summed E-state index contributed by atoms with van der Waals surface area (Å²) < 4.78 is 13.1. The maximum atomic E-state index is 13.4. The number of fused-ring (bicyclic) bond motifs is 1. The first-order valence-electron chi connectivity index (χ1n) is 12.6. The van der Waals surface area contributed by atoms with Crippen LogP contribution in [0.3, 0.4) is 0 Å². The minimum absolute atomic E-state index is 0.0354. The van der Waals surface area contributed by atoms with Crippen LogP contribution in [0.2, 0.25) is 0 Å². The third kappa shape index (κ3) is 4.69. The van der Waals surface area contributed by atoms with E-state index in [1.54, 1.807) is 0 Å². The number of hydrogen-bond acceptors (Lipinski definition) is 5. The Hall–Kier alpha value is -2.48. The molecule has 1 atom stereocenters. The van der Waals surface area contributed by atoms with Gasteiger partial charge in [-0.2, -0.15) is 5.10 Å². The molecule has 1 aromatic heterocycles. The Morgan fingerprint density at radius 3 is 2.62 bits per heavy atom. The van der Waals surface area contributed by atoms with Crippen molar-refractivity contribution in [2.75, 3.05) is 46.1 Å². The first kappa shape index (κ1) is 23.3. The third-order valence-corrected chi connectivity index (χ3v) is 7.71. The summed E-state index contributed by atoms with van der Waals surface area (Å²) in [4.78, 5) is 15.3. The zero-order valence-corrected chi connectivity index (χ0v) is 20.0. The Morgan fingerprint density at radius 2 is 1.88 bits per heavy atom. The van der Waals surface area contributed by atoms with Gasteiger partial charge in [0.15, 0.2) is 5.69 Å². The van der Waals surface area contributed by atoms with E-state index in [9.17, 15) is 4.79 Å². The van der Waals surface area contributed by atoms with Crippen molar-refractivity contribution in [3.05, 3.63) is 65.5 Å². The normalized spacial score (nSPS) is 22.2. The predicted molar refractivity (Wildman–Crippen MR) is 131 cm³/mol. The molecule has 0 saturated carbocycles. The lowest BCUT2D eigenvalue weighted by Crippen LogP contribution is -2.47. The van der Waals surface area contributed by atoms with Crippen LogP contribution in [0, 0.1) is 0 Å². The van der Waals surface area contributed by atoms with Crippen LogP contribution in [0.15, 0.2) is 43.0 Å². The molecule has 3 heterocycles. The summed E-state index contributed by atoms with van der Waals surface area (Å²) in [5.41, 5.74) is 4.42. The molecule has 2 saturated heterocycles. The number of carbonyl (C=O) groups excluding carboxylic acids is 1. The molecule has 7 nitrogen and oxygen atoms in total. The molecule has 2 fully saturated rings. The van der Waals surface area contributed by atoms with Gasteiger partial charge in [0.2, 0.25) is 0 Å². The number of allylic oxidation sites excluding steroid dienone is 1. The average molecular weight is 465 g/mol. The van der Waals surface area contributed by atoms with Crippen LogP contribution in [0.1, 0.15) is 46.6 Å². The lowest BCUT2D eigenvalue weighted by molar-refractivity contribution is 0.0297. The van der Waals surface area contributed by atoms with Crippen LogP contribution in [0.4, 0.5) is 0 Å². The van der Waals surface area contributed by atoms with Gasteiger partial charge in [-0.3, -0.25) is 9.48 Å². The number of morpholine rings is 1. The maximum Gasteiger partial charge on any atom is 0.274 e. The number of aromatic nitrogens is 2. The SMILES string of the molecule is C=CCn1nc(C(=O)N2CCOCC2)c2c1CC[C@H](NCC1(c3ccccc3)CCOCC1)C2. The molecule has 3 aliphatic rings. The Kier molecular flexibility index (Phi) is 7.13. The number of hydrogen-bond donors (Lipinski definition) is 1. The molecule has 1 N–H and O–H groups in total. The molecule has 34 heavy (non-hydrogen) atoms. The molecule has 0 bridgehead atoms. The zero-order valence-electron chi connectivity index (χ0n) is 20.0. The molecule has 7 heteroatoms. The van der Waals surface area contributed by atoms with E-state index in [0.717, 1.165) is 57.4 Å². The minimum Gasteiger partial charge on any atom is -0.381 e. The number of benzene rings is 1. The van der Waals surface area contributed by atoms with E-state index in [1.807, 2.05) is 15.7 Å². The Bertz CT molecular complexity index is 991. The van der Waals surface area contributed by atoms with Gasteiger partial charge >= 0.3 is 0 Å². The lowest BCUT2D eigenvalue weighted by atomic mass is 9.73. The second-order valence-electron chi connectivity index (χ2n) is 9.73. The van der Waals surface area contributed by atoms with Crippen LogP contribution in [-0.2, 0) is 34.3 Å². The van der Waals surface area contributed by atoms with Crippen molar-refractivity contribution in [2.24, 2.45) is 0 Å². The summed E-state index contributed by atoms with van der Waals surface area (Å²) >= 11 is 0. The number of carbonyl (C=O) groups is 1. The molecule has 0 spiro atoms.